The fourth-order valence-electron chi connectivity index (χ4n) is 2.27. The van der Waals surface area contributed by atoms with Crippen molar-refractivity contribution in [3.05, 3.63) is 48.6 Å². The summed E-state index contributed by atoms with van der Waals surface area (Å²) in [6.45, 7) is 18.7. The second kappa shape index (κ2) is 8.43. The van der Waals surface area contributed by atoms with Gasteiger partial charge in [-0.1, -0.05) is 57.2 Å². The van der Waals surface area contributed by atoms with E-state index in [9.17, 15) is 0 Å². The van der Waals surface area contributed by atoms with Crippen LogP contribution in [0.25, 0.3) is 0 Å². The van der Waals surface area contributed by atoms with Gasteiger partial charge in [-0.15, -0.1) is 6.58 Å². The molecular formula is C20H35NO2Si. The highest BCUT2D eigenvalue weighted by molar-refractivity contribution is 6.74. The number of hydrogen-bond donors (Lipinski definition) is 1. The quantitative estimate of drug-likeness (QED) is 0.506. The minimum absolute atomic E-state index is 0.0958. The van der Waals surface area contributed by atoms with Crippen LogP contribution in [-0.4, -0.2) is 34.2 Å². The van der Waals surface area contributed by atoms with Crippen molar-refractivity contribution in [2.24, 2.45) is 0 Å². The van der Waals surface area contributed by atoms with Gasteiger partial charge in [0.1, 0.15) is 0 Å². The van der Waals surface area contributed by atoms with Gasteiger partial charge in [0.05, 0.1) is 24.8 Å². The Morgan fingerprint density at radius 3 is 2.21 bits per heavy atom. The van der Waals surface area contributed by atoms with Crippen LogP contribution in [0.2, 0.25) is 18.1 Å². The Kier molecular flexibility index (Phi) is 7.41. The molecule has 136 valence electrons. The molecule has 0 unspecified atom stereocenters. The standard InChI is InChI=1S/C20H35NO2Si/c1-9-20(5,16-22-6)21-18(17-13-11-10-12-14-17)15-23-24(7,8)19(2,3)4/h9-14,18,21H,1,15-16H2,2-8H3/t18-,20+/m1/s1. The first-order valence-corrected chi connectivity index (χ1v) is 11.5. The van der Waals surface area contributed by atoms with Gasteiger partial charge in [0.25, 0.3) is 0 Å². The van der Waals surface area contributed by atoms with Crippen LogP contribution < -0.4 is 5.32 Å². The Morgan fingerprint density at radius 2 is 1.75 bits per heavy atom. The van der Waals surface area contributed by atoms with Crippen molar-refractivity contribution >= 4 is 8.32 Å². The topological polar surface area (TPSA) is 30.5 Å². The number of ether oxygens (including phenoxy) is 1. The van der Waals surface area contributed by atoms with Crippen molar-refractivity contribution in [2.45, 2.75) is 57.4 Å². The first-order chi connectivity index (χ1) is 11.0. The van der Waals surface area contributed by atoms with Gasteiger partial charge in [0.15, 0.2) is 8.32 Å². The number of methoxy groups -OCH3 is 1. The lowest BCUT2D eigenvalue weighted by Crippen LogP contribution is -2.49. The van der Waals surface area contributed by atoms with Gasteiger partial charge in [-0.2, -0.15) is 0 Å². The molecule has 0 aliphatic heterocycles. The largest absolute Gasteiger partial charge is 0.415 e. The van der Waals surface area contributed by atoms with Crippen LogP contribution in [0.4, 0.5) is 0 Å². The Bertz CT molecular complexity index is 510. The summed E-state index contributed by atoms with van der Waals surface area (Å²) < 4.78 is 11.8. The Labute approximate surface area is 149 Å². The molecule has 0 bridgehead atoms. The summed E-state index contributed by atoms with van der Waals surface area (Å²) in [6.07, 6.45) is 1.92. The number of benzene rings is 1. The number of rotatable bonds is 9. The molecule has 2 atom stereocenters. The molecule has 3 nitrogen and oxygen atoms in total. The van der Waals surface area contributed by atoms with Gasteiger partial charge in [-0.05, 0) is 30.6 Å². The highest BCUT2D eigenvalue weighted by Crippen LogP contribution is 2.37. The van der Waals surface area contributed by atoms with E-state index in [1.165, 1.54) is 5.56 Å². The predicted molar refractivity (Wildman–Crippen MR) is 106 cm³/mol. The molecule has 0 amide bonds. The van der Waals surface area contributed by atoms with Crippen LogP contribution in [0.15, 0.2) is 43.0 Å². The Morgan fingerprint density at radius 1 is 1.17 bits per heavy atom. The molecule has 0 saturated carbocycles. The molecule has 0 spiro atoms. The lowest BCUT2D eigenvalue weighted by Gasteiger charge is -2.39. The van der Waals surface area contributed by atoms with Crippen LogP contribution in [0.1, 0.15) is 39.3 Å². The van der Waals surface area contributed by atoms with E-state index in [-0.39, 0.29) is 16.6 Å². The van der Waals surface area contributed by atoms with Gasteiger partial charge in [-0.3, -0.25) is 5.32 Å². The second-order valence-electron chi connectivity index (χ2n) is 8.23. The smallest absolute Gasteiger partial charge is 0.192 e. The maximum atomic E-state index is 6.48. The molecule has 1 aromatic carbocycles. The molecule has 24 heavy (non-hydrogen) atoms. The van der Waals surface area contributed by atoms with Crippen molar-refractivity contribution in [3.63, 3.8) is 0 Å². The highest BCUT2D eigenvalue weighted by Gasteiger charge is 2.38. The molecule has 0 aliphatic rings. The van der Waals surface area contributed by atoms with E-state index < -0.39 is 8.32 Å². The van der Waals surface area contributed by atoms with Crippen LogP contribution in [0.5, 0.6) is 0 Å². The Balaban J connectivity index is 2.97. The third-order valence-electron chi connectivity index (χ3n) is 5.02. The SMILES string of the molecule is C=C[C@@](C)(COC)N[C@H](CO[Si](C)(C)C(C)(C)C)c1ccccc1. The van der Waals surface area contributed by atoms with Crippen LogP contribution in [0, 0.1) is 0 Å². The number of nitrogens with one attached hydrogen (secondary N) is 1. The van der Waals surface area contributed by atoms with Gasteiger partial charge in [-0.25, -0.2) is 0 Å². The third kappa shape index (κ3) is 5.85. The van der Waals surface area contributed by atoms with Crippen molar-refractivity contribution in [2.75, 3.05) is 20.3 Å². The summed E-state index contributed by atoms with van der Waals surface area (Å²) in [6, 6.07) is 10.6. The van der Waals surface area contributed by atoms with Gasteiger partial charge >= 0.3 is 0 Å². The second-order valence-corrected chi connectivity index (χ2v) is 13.0. The molecule has 0 radical (unpaired) electrons. The van der Waals surface area contributed by atoms with Crippen LogP contribution in [-0.2, 0) is 9.16 Å². The zero-order valence-corrected chi connectivity index (χ0v) is 17.5. The lowest BCUT2D eigenvalue weighted by molar-refractivity contribution is 0.124. The maximum Gasteiger partial charge on any atom is 0.192 e. The average molecular weight is 350 g/mol. The normalized spacial score (nSPS) is 16.5. The fourth-order valence-corrected chi connectivity index (χ4v) is 3.29. The maximum absolute atomic E-state index is 6.48. The first kappa shape index (κ1) is 21.1. The minimum atomic E-state index is -1.80. The highest BCUT2D eigenvalue weighted by atomic mass is 28.4. The summed E-state index contributed by atoms with van der Waals surface area (Å²) in [7, 11) is -0.0863. The van der Waals surface area contributed by atoms with E-state index in [1.54, 1.807) is 7.11 Å². The van der Waals surface area contributed by atoms with Crippen LogP contribution >= 0.6 is 0 Å². The van der Waals surface area contributed by atoms with Gasteiger partial charge in [0, 0.05) is 7.11 Å². The summed E-state index contributed by atoms with van der Waals surface area (Å²) in [4.78, 5) is 0. The Hall–Kier alpha value is -0.943. The van der Waals surface area contributed by atoms with E-state index in [1.807, 2.05) is 12.1 Å². The zero-order valence-electron chi connectivity index (χ0n) is 16.5. The van der Waals surface area contributed by atoms with E-state index in [0.717, 1.165) is 0 Å². The summed E-state index contributed by atoms with van der Waals surface area (Å²) in [5.41, 5.74) is 0.923. The molecule has 4 heteroatoms. The summed E-state index contributed by atoms with van der Waals surface area (Å²) in [5.74, 6) is 0. The predicted octanol–water partition coefficient (Wildman–Crippen LogP) is 4.93. The van der Waals surface area contributed by atoms with Crippen molar-refractivity contribution in [3.8, 4) is 0 Å². The molecule has 0 aromatic heterocycles. The minimum Gasteiger partial charge on any atom is -0.415 e. The number of hydrogen-bond acceptors (Lipinski definition) is 3. The summed E-state index contributed by atoms with van der Waals surface area (Å²) in [5, 5.41) is 3.87. The monoisotopic (exact) mass is 349 g/mol. The summed E-state index contributed by atoms with van der Waals surface area (Å²) >= 11 is 0. The molecule has 1 N–H and O–H groups in total. The van der Waals surface area contributed by atoms with Crippen molar-refractivity contribution < 1.29 is 9.16 Å². The zero-order chi connectivity index (χ0) is 18.4. The average Bonchev–Trinajstić information content (AvgIpc) is 2.51. The van der Waals surface area contributed by atoms with Crippen molar-refractivity contribution in [1.29, 1.82) is 0 Å². The van der Waals surface area contributed by atoms with Crippen molar-refractivity contribution in [1.82, 2.24) is 5.32 Å². The van der Waals surface area contributed by atoms with E-state index in [4.69, 9.17) is 9.16 Å². The van der Waals surface area contributed by atoms with Gasteiger partial charge < -0.3 is 9.16 Å². The van der Waals surface area contributed by atoms with E-state index >= 15 is 0 Å². The lowest BCUT2D eigenvalue weighted by atomic mass is 9.99. The molecular weight excluding hydrogens is 314 g/mol. The van der Waals surface area contributed by atoms with Gasteiger partial charge in [0.2, 0.25) is 0 Å². The molecule has 0 heterocycles. The molecule has 0 saturated heterocycles. The third-order valence-corrected chi connectivity index (χ3v) is 9.52. The molecule has 0 aliphatic carbocycles. The molecule has 1 aromatic rings. The van der Waals surface area contributed by atoms with Crippen LogP contribution in [0.3, 0.4) is 0 Å². The van der Waals surface area contributed by atoms with E-state index in [2.05, 4.69) is 77.0 Å². The molecule has 0 fully saturated rings. The molecule has 1 rings (SSSR count). The fraction of sp³-hybridized carbons (Fsp3) is 0.600. The first-order valence-electron chi connectivity index (χ1n) is 8.64. The van der Waals surface area contributed by atoms with E-state index in [0.29, 0.717) is 13.2 Å².